The molecule has 0 N–H and O–H groups in total. The van der Waals surface area contributed by atoms with Crippen molar-refractivity contribution in [2.45, 2.75) is 57.6 Å². The molecule has 2 saturated heterocycles. The van der Waals surface area contributed by atoms with Gasteiger partial charge in [-0.1, -0.05) is 0 Å². The molecule has 2 aliphatic heterocycles. The molecule has 0 bridgehead atoms. The standard InChI is InChI=1S/C23H34N2O5/c1-17(26)24-13-9-20(10-14-24)30-21-8-7-18(16-22(21)29-3)23(27)25-12-5-4-6-19(25)11-15-28-2/h7-8,16,19-20H,4-6,9-15H2,1-3H3/t19-/m0/s1. The molecule has 3 rings (SSSR count). The number of hydrogen-bond acceptors (Lipinski definition) is 5. The van der Waals surface area contributed by atoms with Crippen LogP contribution in [0.5, 0.6) is 11.5 Å². The lowest BCUT2D eigenvalue weighted by Gasteiger charge is -2.36. The van der Waals surface area contributed by atoms with Gasteiger partial charge in [0.1, 0.15) is 6.10 Å². The molecule has 2 aliphatic rings. The van der Waals surface area contributed by atoms with Crippen molar-refractivity contribution in [1.82, 2.24) is 9.80 Å². The van der Waals surface area contributed by atoms with Crippen LogP contribution in [0.3, 0.4) is 0 Å². The number of hydrogen-bond donors (Lipinski definition) is 0. The van der Waals surface area contributed by atoms with E-state index in [-0.39, 0.29) is 24.0 Å². The summed E-state index contributed by atoms with van der Waals surface area (Å²) in [5, 5.41) is 0. The van der Waals surface area contributed by atoms with Gasteiger partial charge < -0.3 is 24.0 Å². The summed E-state index contributed by atoms with van der Waals surface area (Å²) in [7, 11) is 3.29. The molecule has 0 saturated carbocycles. The van der Waals surface area contributed by atoms with Crippen LogP contribution in [-0.2, 0) is 9.53 Å². The number of carbonyl (C=O) groups excluding carboxylic acids is 2. The second kappa shape index (κ2) is 10.7. The first kappa shape index (κ1) is 22.4. The molecular formula is C23H34N2O5. The average Bonchev–Trinajstić information content (AvgIpc) is 2.78. The maximum absolute atomic E-state index is 13.2. The highest BCUT2D eigenvalue weighted by molar-refractivity contribution is 5.95. The topological polar surface area (TPSA) is 68.3 Å². The molecule has 7 heteroatoms. The molecule has 0 unspecified atom stereocenters. The van der Waals surface area contributed by atoms with E-state index in [0.29, 0.717) is 36.8 Å². The van der Waals surface area contributed by atoms with E-state index in [4.69, 9.17) is 14.2 Å². The average molecular weight is 419 g/mol. The van der Waals surface area contributed by atoms with Crippen LogP contribution in [0, 0.1) is 0 Å². The number of nitrogens with zero attached hydrogens (tertiary/aromatic N) is 2. The summed E-state index contributed by atoms with van der Waals surface area (Å²) in [4.78, 5) is 28.5. The number of methoxy groups -OCH3 is 2. The smallest absolute Gasteiger partial charge is 0.254 e. The van der Waals surface area contributed by atoms with Gasteiger partial charge in [-0.05, 0) is 43.9 Å². The van der Waals surface area contributed by atoms with Crippen LogP contribution in [0.2, 0.25) is 0 Å². The van der Waals surface area contributed by atoms with E-state index in [2.05, 4.69) is 0 Å². The third-order valence-corrected chi connectivity index (χ3v) is 6.13. The highest BCUT2D eigenvalue weighted by atomic mass is 16.5. The second-order valence-electron chi connectivity index (χ2n) is 8.12. The summed E-state index contributed by atoms with van der Waals surface area (Å²) in [5.74, 6) is 1.36. The summed E-state index contributed by atoms with van der Waals surface area (Å²) in [6, 6.07) is 5.66. The zero-order valence-corrected chi connectivity index (χ0v) is 18.4. The lowest BCUT2D eigenvalue weighted by molar-refractivity contribution is -0.130. The van der Waals surface area contributed by atoms with Gasteiger partial charge in [0.15, 0.2) is 11.5 Å². The predicted octanol–water partition coefficient (Wildman–Crippen LogP) is 3.12. The largest absolute Gasteiger partial charge is 0.493 e. The Morgan fingerprint density at radius 3 is 2.47 bits per heavy atom. The minimum Gasteiger partial charge on any atom is -0.493 e. The zero-order chi connectivity index (χ0) is 21.5. The summed E-state index contributed by atoms with van der Waals surface area (Å²) in [6.07, 6.45) is 5.68. The number of benzene rings is 1. The summed E-state index contributed by atoms with van der Waals surface area (Å²) in [5.41, 5.74) is 0.620. The van der Waals surface area contributed by atoms with E-state index in [1.807, 2.05) is 21.9 Å². The zero-order valence-electron chi connectivity index (χ0n) is 18.4. The van der Waals surface area contributed by atoms with Crippen LogP contribution in [0.15, 0.2) is 18.2 Å². The molecule has 1 aromatic rings. The first-order valence-corrected chi connectivity index (χ1v) is 10.9. The van der Waals surface area contributed by atoms with E-state index < -0.39 is 0 Å². The molecule has 2 amide bonds. The van der Waals surface area contributed by atoms with Crippen molar-refractivity contribution in [2.24, 2.45) is 0 Å². The molecule has 7 nitrogen and oxygen atoms in total. The second-order valence-corrected chi connectivity index (χ2v) is 8.12. The number of likely N-dealkylation sites (tertiary alicyclic amines) is 2. The van der Waals surface area contributed by atoms with Crippen LogP contribution < -0.4 is 9.47 Å². The maximum atomic E-state index is 13.2. The number of carbonyl (C=O) groups is 2. The minimum atomic E-state index is 0.0374. The SMILES string of the molecule is COCC[C@@H]1CCCCN1C(=O)c1ccc(OC2CCN(C(C)=O)CC2)c(OC)c1. The Kier molecular flexibility index (Phi) is 7.96. The van der Waals surface area contributed by atoms with Gasteiger partial charge >= 0.3 is 0 Å². The Morgan fingerprint density at radius 1 is 1.03 bits per heavy atom. The number of amides is 2. The van der Waals surface area contributed by atoms with Gasteiger partial charge in [0.05, 0.1) is 7.11 Å². The molecule has 0 aliphatic carbocycles. The molecule has 0 spiro atoms. The van der Waals surface area contributed by atoms with Crippen LogP contribution in [0.1, 0.15) is 55.8 Å². The fourth-order valence-electron chi connectivity index (χ4n) is 4.35. The Balaban J connectivity index is 1.67. The number of piperidine rings is 2. The summed E-state index contributed by atoms with van der Waals surface area (Å²) >= 11 is 0. The van der Waals surface area contributed by atoms with Crippen LogP contribution in [-0.4, -0.2) is 74.2 Å². The molecule has 2 heterocycles. The van der Waals surface area contributed by atoms with E-state index in [0.717, 1.165) is 45.1 Å². The van der Waals surface area contributed by atoms with Crippen molar-refractivity contribution in [3.63, 3.8) is 0 Å². The van der Waals surface area contributed by atoms with E-state index >= 15 is 0 Å². The van der Waals surface area contributed by atoms with Gasteiger partial charge in [-0.25, -0.2) is 0 Å². The van der Waals surface area contributed by atoms with Crippen LogP contribution >= 0.6 is 0 Å². The molecule has 0 aromatic heterocycles. The molecule has 166 valence electrons. The van der Waals surface area contributed by atoms with Gasteiger partial charge in [-0.3, -0.25) is 9.59 Å². The Labute approximate surface area is 179 Å². The minimum absolute atomic E-state index is 0.0374. The molecule has 1 aromatic carbocycles. The fourth-order valence-corrected chi connectivity index (χ4v) is 4.35. The first-order valence-electron chi connectivity index (χ1n) is 10.9. The highest BCUT2D eigenvalue weighted by Crippen LogP contribution is 2.32. The molecule has 0 radical (unpaired) electrons. The maximum Gasteiger partial charge on any atom is 0.254 e. The monoisotopic (exact) mass is 418 g/mol. The lowest BCUT2D eigenvalue weighted by atomic mass is 9.98. The van der Waals surface area contributed by atoms with Crippen molar-refractivity contribution in [2.75, 3.05) is 40.5 Å². The van der Waals surface area contributed by atoms with Gasteiger partial charge in [0, 0.05) is 64.7 Å². The van der Waals surface area contributed by atoms with E-state index in [9.17, 15) is 9.59 Å². The number of ether oxygens (including phenoxy) is 3. The molecular weight excluding hydrogens is 384 g/mol. The van der Waals surface area contributed by atoms with Crippen molar-refractivity contribution >= 4 is 11.8 Å². The van der Waals surface area contributed by atoms with Crippen LogP contribution in [0.4, 0.5) is 0 Å². The van der Waals surface area contributed by atoms with Crippen molar-refractivity contribution in [3.8, 4) is 11.5 Å². The normalized spacial score (nSPS) is 20.2. The molecule has 30 heavy (non-hydrogen) atoms. The van der Waals surface area contributed by atoms with Gasteiger partial charge in [-0.2, -0.15) is 0 Å². The van der Waals surface area contributed by atoms with Crippen molar-refractivity contribution < 1.29 is 23.8 Å². The Morgan fingerprint density at radius 2 is 1.80 bits per heavy atom. The van der Waals surface area contributed by atoms with Crippen LogP contribution in [0.25, 0.3) is 0 Å². The highest BCUT2D eigenvalue weighted by Gasteiger charge is 2.28. The molecule has 1 atom stereocenters. The fraction of sp³-hybridized carbons (Fsp3) is 0.652. The Hall–Kier alpha value is -2.28. The van der Waals surface area contributed by atoms with E-state index in [1.165, 1.54) is 0 Å². The van der Waals surface area contributed by atoms with Gasteiger partial charge in [0.2, 0.25) is 5.91 Å². The van der Waals surface area contributed by atoms with Crippen molar-refractivity contribution in [1.29, 1.82) is 0 Å². The predicted molar refractivity (Wildman–Crippen MR) is 114 cm³/mol. The summed E-state index contributed by atoms with van der Waals surface area (Å²) < 4.78 is 16.9. The lowest BCUT2D eigenvalue weighted by Crippen LogP contribution is -2.44. The first-order chi connectivity index (χ1) is 14.5. The third-order valence-electron chi connectivity index (χ3n) is 6.13. The third kappa shape index (κ3) is 5.45. The van der Waals surface area contributed by atoms with Gasteiger partial charge in [0.25, 0.3) is 5.91 Å². The Bertz CT molecular complexity index is 730. The molecule has 2 fully saturated rings. The number of rotatable bonds is 7. The quantitative estimate of drug-likeness (QED) is 0.681. The van der Waals surface area contributed by atoms with Crippen molar-refractivity contribution in [3.05, 3.63) is 23.8 Å². The summed E-state index contributed by atoms with van der Waals surface area (Å²) in [6.45, 7) is 4.45. The van der Waals surface area contributed by atoms with E-state index in [1.54, 1.807) is 27.2 Å². The van der Waals surface area contributed by atoms with Gasteiger partial charge in [-0.15, -0.1) is 0 Å².